The summed E-state index contributed by atoms with van der Waals surface area (Å²) in [4.78, 5) is 11.8. The molecule has 1 amide bonds. The molecule has 0 fully saturated rings. The van der Waals surface area contributed by atoms with Crippen LogP contribution in [0.15, 0.2) is 42.7 Å². The second-order valence-corrected chi connectivity index (χ2v) is 4.41. The second kappa shape index (κ2) is 7.88. The molecule has 5 nitrogen and oxygen atoms in total. The Balaban J connectivity index is 1.86. The molecule has 0 saturated heterocycles. The average Bonchev–Trinajstić information content (AvgIpc) is 3.03. The number of carbonyl (C=O) groups is 1. The zero-order chi connectivity index (χ0) is 14.9. The summed E-state index contributed by atoms with van der Waals surface area (Å²) in [6.45, 7) is 0.809. The lowest BCUT2D eigenvalue weighted by atomic mass is 10.1. The molecule has 0 bridgehead atoms. The Morgan fingerprint density at radius 3 is 2.95 bits per heavy atom. The quantitative estimate of drug-likeness (QED) is 0.802. The summed E-state index contributed by atoms with van der Waals surface area (Å²) in [6.07, 6.45) is 3.90. The van der Waals surface area contributed by atoms with Gasteiger partial charge in [-0.2, -0.15) is 5.10 Å². The van der Waals surface area contributed by atoms with E-state index in [-0.39, 0.29) is 12.5 Å². The Hall–Kier alpha value is -2.58. The Bertz CT molecular complexity index is 639. The van der Waals surface area contributed by atoms with E-state index in [2.05, 4.69) is 22.3 Å². The fourth-order valence-electron chi connectivity index (χ4n) is 1.86. The summed E-state index contributed by atoms with van der Waals surface area (Å²) in [6, 6.07) is 9.39. The first-order valence-electron chi connectivity index (χ1n) is 6.71. The number of aryl methyl sites for hydroxylation is 1. The van der Waals surface area contributed by atoms with E-state index in [0.29, 0.717) is 19.5 Å². The zero-order valence-electron chi connectivity index (χ0n) is 11.6. The van der Waals surface area contributed by atoms with Gasteiger partial charge in [0.05, 0.1) is 0 Å². The highest BCUT2D eigenvalue weighted by atomic mass is 16.2. The molecule has 5 heteroatoms. The van der Waals surface area contributed by atoms with Crippen molar-refractivity contribution in [2.75, 3.05) is 6.61 Å². The SMILES string of the molecule is O=C(CCn1cccn1)NCc1ccccc1C#CCO. The number of nitrogens with one attached hydrogen (secondary N) is 1. The van der Waals surface area contributed by atoms with Crippen molar-refractivity contribution in [2.45, 2.75) is 19.5 Å². The maximum atomic E-state index is 11.8. The molecule has 2 rings (SSSR count). The molecule has 2 aromatic rings. The molecule has 0 aliphatic heterocycles. The van der Waals surface area contributed by atoms with Crippen LogP contribution in [0.5, 0.6) is 0 Å². The third kappa shape index (κ3) is 4.79. The predicted molar refractivity (Wildman–Crippen MR) is 79.1 cm³/mol. The van der Waals surface area contributed by atoms with Gasteiger partial charge in [0.15, 0.2) is 0 Å². The number of hydrogen-bond donors (Lipinski definition) is 2. The van der Waals surface area contributed by atoms with Crippen LogP contribution < -0.4 is 5.32 Å². The largest absolute Gasteiger partial charge is 0.384 e. The molecule has 1 aromatic carbocycles. The molecule has 1 heterocycles. The highest BCUT2D eigenvalue weighted by Crippen LogP contribution is 2.07. The van der Waals surface area contributed by atoms with Crippen molar-refractivity contribution >= 4 is 5.91 Å². The van der Waals surface area contributed by atoms with Crippen LogP contribution in [0.4, 0.5) is 0 Å². The smallest absolute Gasteiger partial charge is 0.222 e. The monoisotopic (exact) mass is 283 g/mol. The molecule has 0 saturated carbocycles. The number of nitrogens with zero attached hydrogens (tertiary/aromatic N) is 2. The molecule has 0 atom stereocenters. The highest BCUT2D eigenvalue weighted by molar-refractivity contribution is 5.75. The molecule has 0 radical (unpaired) electrons. The summed E-state index contributed by atoms with van der Waals surface area (Å²) in [5.74, 6) is 5.46. The molecular weight excluding hydrogens is 266 g/mol. The number of carbonyl (C=O) groups excluding carboxylic acids is 1. The molecule has 108 valence electrons. The second-order valence-electron chi connectivity index (χ2n) is 4.41. The van der Waals surface area contributed by atoms with Gasteiger partial charge in [0.1, 0.15) is 6.61 Å². The van der Waals surface area contributed by atoms with Gasteiger partial charge in [0.25, 0.3) is 0 Å². The van der Waals surface area contributed by atoms with Crippen LogP contribution in [0.25, 0.3) is 0 Å². The van der Waals surface area contributed by atoms with Crippen LogP contribution in [0.2, 0.25) is 0 Å². The number of aliphatic hydroxyl groups is 1. The number of hydrogen-bond acceptors (Lipinski definition) is 3. The molecule has 0 aliphatic carbocycles. The molecule has 2 N–H and O–H groups in total. The summed E-state index contributed by atoms with van der Waals surface area (Å²) in [5.41, 5.74) is 1.75. The standard InChI is InChI=1S/C16H17N3O2/c20-12-3-7-14-5-1-2-6-15(14)13-17-16(21)8-11-19-10-4-9-18-19/h1-2,4-6,9-10,20H,8,11-13H2,(H,17,21). The molecule has 1 aromatic heterocycles. The molecule has 21 heavy (non-hydrogen) atoms. The van der Waals surface area contributed by atoms with E-state index in [1.165, 1.54) is 0 Å². The van der Waals surface area contributed by atoms with Crippen LogP contribution in [0.1, 0.15) is 17.5 Å². The van der Waals surface area contributed by atoms with E-state index in [1.807, 2.05) is 36.5 Å². The minimum absolute atomic E-state index is 0.0320. The number of amides is 1. The van der Waals surface area contributed by atoms with E-state index in [0.717, 1.165) is 11.1 Å². The lowest BCUT2D eigenvalue weighted by molar-refractivity contribution is -0.121. The van der Waals surface area contributed by atoms with Crippen molar-refractivity contribution in [1.29, 1.82) is 0 Å². The van der Waals surface area contributed by atoms with Crippen molar-refractivity contribution in [3.63, 3.8) is 0 Å². The Kier molecular flexibility index (Phi) is 5.56. The van der Waals surface area contributed by atoms with Crippen LogP contribution in [-0.4, -0.2) is 27.4 Å². The van der Waals surface area contributed by atoms with Gasteiger partial charge in [-0.25, -0.2) is 0 Å². The van der Waals surface area contributed by atoms with Gasteiger partial charge in [0.2, 0.25) is 5.91 Å². The van der Waals surface area contributed by atoms with Crippen molar-refractivity contribution in [3.8, 4) is 11.8 Å². The Morgan fingerprint density at radius 1 is 1.33 bits per heavy atom. The van der Waals surface area contributed by atoms with Gasteiger partial charge in [-0.15, -0.1) is 0 Å². The summed E-state index contributed by atoms with van der Waals surface area (Å²) < 4.78 is 1.72. The van der Waals surface area contributed by atoms with Crippen molar-refractivity contribution in [2.24, 2.45) is 0 Å². The van der Waals surface area contributed by atoms with Gasteiger partial charge in [0, 0.05) is 37.5 Å². The molecular formula is C16H17N3O2. The maximum absolute atomic E-state index is 11.8. The van der Waals surface area contributed by atoms with E-state index < -0.39 is 0 Å². The lowest BCUT2D eigenvalue weighted by Gasteiger charge is -2.07. The van der Waals surface area contributed by atoms with Gasteiger partial charge >= 0.3 is 0 Å². The number of benzene rings is 1. The lowest BCUT2D eigenvalue weighted by Crippen LogP contribution is -2.24. The highest BCUT2D eigenvalue weighted by Gasteiger charge is 2.04. The predicted octanol–water partition coefficient (Wildman–Crippen LogP) is 0.933. The van der Waals surface area contributed by atoms with Crippen molar-refractivity contribution in [3.05, 3.63) is 53.9 Å². The molecule has 0 spiro atoms. The average molecular weight is 283 g/mol. The molecule has 0 aliphatic rings. The van der Waals surface area contributed by atoms with Crippen LogP contribution >= 0.6 is 0 Å². The van der Waals surface area contributed by atoms with Gasteiger partial charge < -0.3 is 10.4 Å². The van der Waals surface area contributed by atoms with E-state index in [1.54, 1.807) is 10.9 Å². The van der Waals surface area contributed by atoms with Crippen molar-refractivity contribution in [1.82, 2.24) is 15.1 Å². The van der Waals surface area contributed by atoms with Gasteiger partial charge in [-0.3, -0.25) is 9.48 Å². The first-order chi connectivity index (χ1) is 10.3. The van der Waals surface area contributed by atoms with Crippen molar-refractivity contribution < 1.29 is 9.90 Å². The maximum Gasteiger partial charge on any atom is 0.222 e. The van der Waals surface area contributed by atoms with Crippen LogP contribution in [-0.2, 0) is 17.9 Å². The topological polar surface area (TPSA) is 67.2 Å². The van der Waals surface area contributed by atoms with E-state index >= 15 is 0 Å². The third-order valence-electron chi connectivity index (χ3n) is 2.92. The Morgan fingerprint density at radius 2 is 2.19 bits per heavy atom. The number of aliphatic hydroxyl groups excluding tert-OH is 1. The summed E-state index contributed by atoms with van der Waals surface area (Å²) in [5, 5.41) is 15.7. The number of rotatable bonds is 5. The number of aromatic nitrogens is 2. The normalized spacial score (nSPS) is 9.76. The van der Waals surface area contributed by atoms with Crippen LogP contribution in [0.3, 0.4) is 0 Å². The van der Waals surface area contributed by atoms with E-state index in [4.69, 9.17) is 5.11 Å². The van der Waals surface area contributed by atoms with E-state index in [9.17, 15) is 4.79 Å². The van der Waals surface area contributed by atoms with Gasteiger partial charge in [-0.05, 0) is 17.7 Å². The third-order valence-corrected chi connectivity index (χ3v) is 2.92. The molecule has 0 unspecified atom stereocenters. The zero-order valence-corrected chi connectivity index (χ0v) is 11.6. The minimum atomic E-state index is -0.176. The Labute approximate surface area is 123 Å². The summed E-state index contributed by atoms with van der Waals surface area (Å²) in [7, 11) is 0. The van der Waals surface area contributed by atoms with Crippen LogP contribution in [0, 0.1) is 11.8 Å². The first kappa shape index (κ1) is 14.8. The first-order valence-corrected chi connectivity index (χ1v) is 6.71. The van der Waals surface area contributed by atoms with Gasteiger partial charge in [-0.1, -0.05) is 30.0 Å². The fraction of sp³-hybridized carbons (Fsp3) is 0.250. The minimum Gasteiger partial charge on any atom is -0.384 e. The summed E-state index contributed by atoms with van der Waals surface area (Å²) >= 11 is 0. The fourth-order valence-corrected chi connectivity index (χ4v) is 1.86.